The van der Waals surface area contributed by atoms with Crippen LogP contribution >= 0.6 is 0 Å². The summed E-state index contributed by atoms with van der Waals surface area (Å²) in [7, 11) is 0. The van der Waals surface area contributed by atoms with E-state index in [9.17, 15) is 13.2 Å². The summed E-state index contributed by atoms with van der Waals surface area (Å²) in [5.74, 6) is 6.73. The van der Waals surface area contributed by atoms with Crippen LogP contribution < -0.4 is 16.6 Å². The molecule has 8 heteroatoms. The lowest BCUT2D eigenvalue weighted by Gasteiger charge is -2.12. The molecular weight excluding hydrogens is 247 g/mol. The Morgan fingerprint density at radius 2 is 1.78 bits per heavy atom. The number of hydrogen-bond acceptors (Lipinski definition) is 5. The molecule has 0 aliphatic rings. The Labute approximate surface area is 103 Å². The smallest absolute Gasteiger partial charge is 0.370 e. The number of halogens is 3. The summed E-state index contributed by atoms with van der Waals surface area (Å²) in [6.45, 7) is 3.61. The molecule has 0 fully saturated rings. The van der Waals surface area contributed by atoms with E-state index in [4.69, 9.17) is 5.84 Å². The number of nitrogens with one attached hydrogen (secondary N) is 2. The van der Waals surface area contributed by atoms with Gasteiger partial charge in [0.25, 0.3) is 0 Å². The van der Waals surface area contributed by atoms with Gasteiger partial charge in [0.05, 0.1) is 0 Å². The summed E-state index contributed by atoms with van der Waals surface area (Å²) in [5.41, 5.74) is 3.10. The molecule has 0 radical (unpaired) electrons. The molecule has 0 saturated heterocycles. The number of nitrogens with two attached hydrogens (primary N) is 1. The summed E-state index contributed by atoms with van der Waals surface area (Å²) in [4.78, 5) is 8.17. The fourth-order valence-electron chi connectivity index (χ4n) is 1.44. The van der Waals surface area contributed by atoms with E-state index in [0.717, 1.165) is 0 Å². The third kappa shape index (κ3) is 4.36. The van der Waals surface area contributed by atoms with Gasteiger partial charge in [-0.25, -0.2) is 15.8 Å². The first kappa shape index (κ1) is 14.5. The number of alkyl halides is 3. The lowest BCUT2D eigenvalue weighted by molar-refractivity contribution is -0.134. The summed E-state index contributed by atoms with van der Waals surface area (Å²) in [6, 6.07) is 0. The van der Waals surface area contributed by atoms with Crippen molar-refractivity contribution in [2.24, 2.45) is 5.84 Å². The zero-order valence-electron chi connectivity index (χ0n) is 10.2. The maximum absolute atomic E-state index is 12.0. The van der Waals surface area contributed by atoms with Gasteiger partial charge in [0.1, 0.15) is 17.5 Å². The number of rotatable bonds is 5. The first-order valence-electron chi connectivity index (χ1n) is 5.46. The summed E-state index contributed by atoms with van der Waals surface area (Å²) in [6.07, 6.45) is -4.94. The minimum absolute atomic E-state index is 0.00260. The predicted octanol–water partition coefficient (Wildman–Crippen LogP) is 2.13. The molecule has 1 aromatic heterocycles. The summed E-state index contributed by atoms with van der Waals surface area (Å²) < 4.78 is 35.9. The molecule has 0 unspecified atom stereocenters. The largest absolute Gasteiger partial charge is 0.389 e. The fourth-order valence-corrected chi connectivity index (χ4v) is 1.44. The number of hydrazine groups is 1. The number of aromatic nitrogens is 2. The van der Waals surface area contributed by atoms with Crippen molar-refractivity contribution >= 4 is 11.6 Å². The van der Waals surface area contributed by atoms with Gasteiger partial charge in [-0.05, 0) is 20.3 Å². The molecule has 0 aliphatic carbocycles. The van der Waals surface area contributed by atoms with Crippen LogP contribution in [0.25, 0.3) is 0 Å². The summed E-state index contributed by atoms with van der Waals surface area (Å²) >= 11 is 0. The highest BCUT2D eigenvalue weighted by Gasteiger charge is 2.25. The van der Waals surface area contributed by atoms with Crippen LogP contribution in [-0.4, -0.2) is 22.7 Å². The third-order valence-corrected chi connectivity index (χ3v) is 2.32. The highest BCUT2D eigenvalue weighted by molar-refractivity contribution is 5.56. The van der Waals surface area contributed by atoms with Gasteiger partial charge < -0.3 is 10.7 Å². The van der Waals surface area contributed by atoms with Gasteiger partial charge in [-0.2, -0.15) is 13.2 Å². The number of aryl methyl sites for hydroxylation is 1. The van der Waals surface area contributed by atoms with Gasteiger partial charge in [0.15, 0.2) is 0 Å². The molecule has 5 nitrogen and oxygen atoms in total. The van der Waals surface area contributed by atoms with E-state index >= 15 is 0 Å². The third-order valence-electron chi connectivity index (χ3n) is 2.32. The van der Waals surface area contributed by atoms with Gasteiger partial charge in [-0.15, -0.1) is 0 Å². The van der Waals surface area contributed by atoms with E-state index in [1.807, 2.05) is 0 Å². The molecule has 0 bridgehead atoms. The topological polar surface area (TPSA) is 75.9 Å². The standard InChI is InChI=1S/C10H16F3N5/c1-6-8(15-5-3-4-10(11,12)13)16-7(2)17-9(6)18-14/h3-5,14H2,1-2H3,(H2,15,16,17,18). The number of anilines is 2. The maximum Gasteiger partial charge on any atom is 0.389 e. The average molecular weight is 263 g/mol. The average Bonchev–Trinajstić information content (AvgIpc) is 2.27. The fraction of sp³-hybridized carbons (Fsp3) is 0.600. The van der Waals surface area contributed by atoms with Gasteiger partial charge in [0.2, 0.25) is 0 Å². The molecule has 0 amide bonds. The lowest BCUT2D eigenvalue weighted by atomic mass is 10.2. The highest BCUT2D eigenvalue weighted by Crippen LogP contribution is 2.22. The van der Waals surface area contributed by atoms with Crippen LogP contribution in [0.3, 0.4) is 0 Å². The van der Waals surface area contributed by atoms with Crippen molar-refractivity contribution in [3.63, 3.8) is 0 Å². The Hall–Kier alpha value is -1.57. The Morgan fingerprint density at radius 1 is 1.17 bits per heavy atom. The zero-order chi connectivity index (χ0) is 13.8. The Morgan fingerprint density at radius 3 is 2.33 bits per heavy atom. The van der Waals surface area contributed by atoms with Crippen LogP contribution in [0.1, 0.15) is 24.2 Å². The van der Waals surface area contributed by atoms with Gasteiger partial charge in [-0.1, -0.05) is 0 Å². The van der Waals surface area contributed by atoms with Crippen LogP contribution in [0.2, 0.25) is 0 Å². The molecule has 0 spiro atoms. The van der Waals surface area contributed by atoms with Crippen molar-refractivity contribution in [3.05, 3.63) is 11.4 Å². The van der Waals surface area contributed by atoms with Crippen molar-refractivity contribution in [2.45, 2.75) is 32.9 Å². The van der Waals surface area contributed by atoms with Crippen LogP contribution in [-0.2, 0) is 0 Å². The van der Waals surface area contributed by atoms with Crippen molar-refractivity contribution in [1.82, 2.24) is 9.97 Å². The SMILES string of the molecule is Cc1nc(NN)c(C)c(NCCCC(F)(F)F)n1. The van der Waals surface area contributed by atoms with Crippen molar-refractivity contribution < 1.29 is 13.2 Å². The normalized spacial score (nSPS) is 11.4. The minimum atomic E-state index is -4.12. The van der Waals surface area contributed by atoms with E-state index < -0.39 is 12.6 Å². The second kappa shape index (κ2) is 5.85. The molecule has 1 heterocycles. The quantitative estimate of drug-likeness (QED) is 0.431. The van der Waals surface area contributed by atoms with Crippen LogP contribution in [0, 0.1) is 13.8 Å². The molecule has 18 heavy (non-hydrogen) atoms. The first-order valence-corrected chi connectivity index (χ1v) is 5.46. The molecule has 1 aromatic rings. The molecule has 0 aromatic carbocycles. The second-order valence-electron chi connectivity index (χ2n) is 3.88. The van der Waals surface area contributed by atoms with E-state index in [1.54, 1.807) is 13.8 Å². The first-order chi connectivity index (χ1) is 8.33. The van der Waals surface area contributed by atoms with Crippen molar-refractivity contribution in [2.75, 3.05) is 17.3 Å². The van der Waals surface area contributed by atoms with Crippen molar-refractivity contribution in [3.8, 4) is 0 Å². The monoisotopic (exact) mass is 263 g/mol. The van der Waals surface area contributed by atoms with E-state index in [-0.39, 0.29) is 13.0 Å². The zero-order valence-corrected chi connectivity index (χ0v) is 10.2. The van der Waals surface area contributed by atoms with Gasteiger partial charge in [0, 0.05) is 18.5 Å². The minimum Gasteiger partial charge on any atom is -0.370 e. The van der Waals surface area contributed by atoms with Crippen LogP contribution in [0.5, 0.6) is 0 Å². The van der Waals surface area contributed by atoms with E-state index in [1.165, 1.54) is 0 Å². The maximum atomic E-state index is 12.0. The molecule has 1 rings (SSSR count). The lowest BCUT2D eigenvalue weighted by Crippen LogP contribution is -2.15. The molecule has 4 N–H and O–H groups in total. The number of hydrogen-bond donors (Lipinski definition) is 3. The predicted molar refractivity (Wildman–Crippen MR) is 63.1 cm³/mol. The Bertz CT molecular complexity index is 405. The van der Waals surface area contributed by atoms with Gasteiger partial charge in [-0.3, -0.25) is 0 Å². The number of nitrogen functional groups attached to an aromatic ring is 1. The molecule has 0 saturated carbocycles. The summed E-state index contributed by atoms with van der Waals surface area (Å²) in [5, 5.41) is 2.85. The van der Waals surface area contributed by atoms with Crippen molar-refractivity contribution in [1.29, 1.82) is 0 Å². The van der Waals surface area contributed by atoms with E-state index in [0.29, 0.717) is 23.0 Å². The highest BCUT2D eigenvalue weighted by atomic mass is 19.4. The second-order valence-corrected chi connectivity index (χ2v) is 3.88. The van der Waals surface area contributed by atoms with E-state index in [2.05, 4.69) is 20.7 Å². The van der Waals surface area contributed by atoms with Gasteiger partial charge >= 0.3 is 6.18 Å². The number of nitrogens with zero attached hydrogens (tertiary/aromatic N) is 2. The molecular formula is C10H16F3N5. The molecule has 0 aliphatic heterocycles. The van der Waals surface area contributed by atoms with Crippen LogP contribution in [0.4, 0.5) is 24.8 Å². The Balaban J connectivity index is 2.59. The molecule has 0 atom stereocenters. The molecule has 102 valence electrons. The van der Waals surface area contributed by atoms with Crippen LogP contribution in [0.15, 0.2) is 0 Å². The Kier molecular flexibility index (Phi) is 4.71.